The molecule has 2 N–H and O–H groups in total. The molecule has 25 heavy (non-hydrogen) atoms. The number of hydrogen-bond acceptors (Lipinski definition) is 3. The number of thiophene rings is 1. The predicted molar refractivity (Wildman–Crippen MR) is 124 cm³/mol. The first-order valence-corrected chi connectivity index (χ1v) is 10.3. The van der Waals surface area contributed by atoms with Gasteiger partial charge in [-0.2, -0.15) is 11.3 Å². The molecule has 0 radical (unpaired) electrons. The molecule has 0 aromatic carbocycles. The zero-order valence-corrected chi connectivity index (χ0v) is 19.7. The van der Waals surface area contributed by atoms with Crippen LogP contribution in [-0.2, 0) is 0 Å². The van der Waals surface area contributed by atoms with Crippen LogP contribution < -0.4 is 10.6 Å². The smallest absolute Gasteiger partial charge is 0.191 e. The van der Waals surface area contributed by atoms with Gasteiger partial charge in [0.25, 0.3) is 0 Å². The van der Waals surface area contributed by atoms with Crippen molar-refractivity contribution in [1.82, 2.24) is 15.5 Å². The van der Waals surface area contributed by atoms with E-state index in [1.807, 2.05) is 0 Å². The third-order valence-corrected chi connectivity index (χ3v) is 5.07. The molecule has 0 aliphatic carbocycles. The van der Waals surface area contributed by atoms with E-state index in [1.165, 1.54) is 24.9 Å². The molecule has 146 valence electrons. The molecule has 0 aliphatic rings. The van der Waals surface area contributed by atoms with E-state index in [4.69, 9.17) is 4.99 Å². The van der Waals surface area contributed by atoms with Crippen LogP contribution in [-0.4, -0.2) is 49.6 Å². The second kappa shape index (κ2) is 14.8. The summed E-state index contributed by atoms with van der Waals surface area (Å²) in [7, 11) is 0. The van der Waals surface area contributed by atoms with E-state index >= 15 is 0 Å². The summed E-state index contributed by atoms with van der Waals surface area (Å²) in [5.41, 5.74) is 1.38. The van der Waals surface area contributed by atoms with Crippen molar-refractivity contribution in [1.29, 1.82) is 0 Å². The quantitative estimate of drug-likeness (QED) is 0.278. The SMILES string of the molecule is CCNC(=NCC(C)c1ccsc1)NC(C)CCCN(CC)CC.I. The highest BCUT2D eigenvalue weighted by atomic mass is 127. The summed E-state index contributed by atoms with van der Waals surface area (Å²) in [4.78, 5) is 7.25. The van der Waals surface area contributed by atoms with Crippen LogP contribution in [0, 0.1) is 0 Å². The summed E-state index contributed by atoms with van der Waals surface area (Å²) in [5, 5.41) is 11.3. The molecule has 0 saturated heterocycles. The van der Waals surface area contributed by atoms with Crippen molar-refractivity contribution in [3.63, 3.8) is 0 Å². The topological polar surface area (TPSA) is 39.7 Å². The first kappa shape index (κ1) is 24.7. The minimum absolute atomic E-state index is 0. The average Bonchev–Trinajstić information content (AvgIpc) is 3.11. The number of nitrogens with zero attached hydrogens (tertiary/aromatic N) is 2. The number of guanidine groups is 1. The minimum Gasteiger partial charge on any atom is -0.357 e. The fourth-order valence-electron chi connectivity index (χ4n) is 2.68. The molecule has 1 aromatic rings. The Hall–Kier alpha value is -0.340. The van der Waals surface area contributed by atoms with Crippen LogP contribution in [0.25, 0.3) is 0 Å². The molecule has 0 aliphatic heterocycles. The van der Waals surface area contributed by atoms with Crippen molar-refractivity contribution in [2.75, 3.05) is 32.7 Å². The molecule has 0 amide bonds. The van der Waals surface area contributed by atoms with Crippen LogP contribution in [0.2, 0.25) is 0 Å². The van der Waals surface area contributed by atoms with Gasteiger partial charge in [0.15, 0.2) is 5.96 Å². The van der Waals surface area contributed by atoms with Crippen LogP contribution in [0.3, 0.4) is 0 Å². The van der Waals surface area contributed by atoms with Gasteiger partial charge in [-0.05, 0) is 68.7 Å². The van der Waals surface area contributed by atoms with Crippen molar-refractivity contribution >= 4 is 41.3 Å². The Morgan fingerprint density at radius 3 is 2.52 bits per heavy atom. The maximum Gasteiger partial charge on any atom is 0.191 e. The lowest BCUT2D eigenvalue weighted by Gasteiger charge is -2.21. The lowest BCUT2D eigenvalue weighted by Crippen LogP contribution is -2.42. The Balaban J connectivity index is 0.00000576. The summed E-state index contributed by atoms with van der Waals surface area (Å²) in [6.07, 6.45) is 2.39. The first-order valence-electron chi connectivity index (χ1n) is 9.39. The Bertz CT molecular complexity index is 446. The zero-order chi connectivity index (χ0) is 17.8. The molecular weight excluding hydrogens is 443 g/mol. The fourth-order valence-corrected chi connectivity index (χ4v) is 3.46. The van der Waals surface area contributed by atoms with Crippen LogP contribution in [0.15, 0.2) is 21.8 Å². The maximum atomic E-state index is 4.77. The number of nitrogens with one attached hydrogen (secondary N) is 2. The normalized spacial score (nSPS) is 14.1. The second-order valence-electron chi connectivity index (χ2n) is 6.39. The van der Waals surface area contributed by atoms with Gasteiger partial charge in [-0.1, -0.05) is 20.8 Å². The van der Waals surface area contributed by atoms with Gasteiger partial charge in [-0.15, -0.1) is 24.0 Å². The Morgan fingerprint density at radius 2 is 1.96 bits per heavy atom. The largest absolute Gasteiger partial charge is 0.357 e. The van der Waals surface area contributed by atoms with Crippen LogP contribution in [0.5, 0.6) is 0 Å². The monoisotopic (exact) mass is 480 g/mol. The van der Waals surface area contributed by atoms with E-state index in [0.717, 1.165) is 32.1 Å². The van der Waals surface area contributed by atoms with Crippen molar-refractivity contribution in [3.05, 3.63) is 22.4 Å². The van der Waals surface area contributed by atoms with Gasteiger partial charge < -0.3 is 15.5 Å². The average molecular weight is 481 g/mol. The van der Waals surface area contributed by atoms with Gasteiger partial charge >= 0.3 is 0 Å². The van der Waals surface area contributed by atoms with E-state index in [0.29, 0.717) is 12.0 Å². The summed E-state index contributed by atoms with van der Waals surface area (Å²) in [5.74, 6) is 1.40. The Labute approximate surface area is 175 Å². The molecule has 1 aromatic heterocycles. The Kier molecular flexibility index (Phi) is 14.6. The molecule has 0 saturated carbocycles. The zero-order valence-electron chi connectivity index (χ0n) is 16.5. The molecule has 2 unspecified atom stereocenters. The van der Waals surface area contributed by atoms with Crippen LogP contribution in [0.4, 0.5) is 0 Å². The van der Waals surface area contributed by atoms with Crippen LogP contribution in [0.1, 0.15) is 58.9 Å². The van der Waals surface area contributed by atoms with E-state index < -0.39 is 0 Å². The first-order chi connectivity index (χ1) is 11.6. The molecule has 0 fully saturated rings. The molecule has 4 nitrogen and oxygen atoms in total. The minimum atomic E-state index is 0. The summed E-state index contributed by atoms with van der Waals surface area (Å²) in [6.45, 7) is 16.2. The van der Waals surface area contributed by atoms with Crippen molar-refractivity contribution in [2.45, 2.75) is 59.4 Å². The molecule has 0 spiro atoms. The van der Waals surface area contributed by atoms with Crippen molar-refractivity contribution < 1.29 is 0 Å². The number of rotatable bonds is 11. The van der Waals surface area contributed by atoms with Crippen LogP contribution >= 0.6 is 35.3 Å². The molecular formula is C19H37IN4S. The van der Waals surface area contributed by atoms with Gasteiger partial charge in [0.05, 0.1) is 0 Å². The summed E-state index contributed by atoms with van der Waals surface area (Å²) >= 11 is 1.75. The highest BCUT2D eigenvalue weighted by Crippen LogP contribution is 2.18. The molecule has 0 bridgehead atoms. The molecule has 2 atom stereocenters. The number of aliphatic imine (C=N–C) groups is 1. The molecule has 1 rings (SSSR count). The van der Waals surface area contributed by atoms with E-state index in [2.05, 4.69) is 67.0 Å². The highest BCUT2D eigenvalue weighted by molar-refractivity contribution is 14.0. The lowest BCUT2D eigenvalue weighted by molar-refractivity contribution is 0.292. The standard InChI is InChI=1S/C19H36N4S.HI/c1-6-20-19(21-14-16(4)18-11-13-24-15-18)22-17(5)10-9-12-23(7-2)8-3;/h11,13,15-17H,6-10,12,14H2,1-5H3,(H2,20,21,22);1H. The lowest BCUT2D eigenvalue weighted by atomic mass is 10.1. The third kappa shape index (κ3) is 10.4. The van der Waals surface area contributed by atoms with Gasteiger partial charge in [-0.3, -0.25) is 4.99 Å². The summed E-state index contributed by atoms with van der Waals surface area (Å²) < 4.78 is 0. The van der Waals surface area contributed by atoms with Gasteiger partial charge in [0.2, 0.25) is 0 Å². The van der Waals surface area contributed by atoms with Gasteiger partial charge in [-0.25, -0.2) is 0 Å². The molecule has 6 heteroatoms. The van der Waals surface area contributed by atoms with Crippen molar-refractivity contribution in [3.8, 4) is 0 Å². The van der Waals surface area contributed by atoms with E-state index in [-0.39, 0.29) is 24.0 Å². The molecule has 1 heterocycles. The van der Waals surface area contributed by atoms with Gasteiger partial charge in [0, 0.05) is 25.0 Å². The van der Waals surface area contributed by atoms with E-state index in [9.17, 15) is 0 Å². The number of hydrogen-bond donors (Lipinski definition) is 2. The Morgan fingerprint density at radius 1 is 1.24 bits per heavy atom. The fraction of sp³-hybridized carbons (Fsp3) is 0.737. The predicted octanol–water partition coefficient (Wildman–Crippen LogP) is 4.54. The third-order valence-electron chi connectivity index (χ3n) is 4.37. The summed E-state index contributed by atoms with van der Waals surface area (Å²) in [6, 6.07) is 2.64. The second-order valence-corrected chi connectivity index (χ2v) is 7.17. The van der Waals surface area contributed by atoms with Crippen molar-refractivity contribution in [2.24, 2.45) is 4.99 Å². The maximum absolute atomic E-state index is 4.77. The number of halogens is 1. The highest BCUT2D eigenvalue weighted by Gasteiger charge is 2.09. The van der Waals surface area contributed by atoms with E-state index in [1.54, 1.807) is 11.3 Å². The van der Waals surface area contributed by atoms with Gasteiger partial charge in [0.1, 0.15) is 0 Å².